The van der Waals surface area contributed by atoms with Crippen molar-refractivity contribution in [2.75, 3.05) is 27.7 Å². The molecule has 0 radical (unpaired) electrons. The zero-order valence-electron chi connectivity index (χ0n) is 10.7. The SMILES string of the molecule is CC(C[N+](C)(C)C)C(=O)c1ccccc1F.[I-]. The predicted molar refractivity (Wildman–Crippen MR) is 62.8 cm³/mol. The molecule has 96 valence electrons. The lowest BCUT2D eigenvalue weighted by Crippen LogP contribution is -3.00. The molecule has 1 rings (SSSR count). The van der Waals surface area contributed by atoms with Crippen LogP contribution in [0.4, 0.5) is 4.39 Å². The van der Waals surface area contributed by atoms with Gasteiger partial charge < -0.3 is 28.5 Å². The highest BCUT2D eigenvalue weighted by molar-refractivity contribution is 5.97. The Morgan fingerprint density at radius 1 is 1.29 bits per heavy atom. The van der Waals surface area contributed by atoms with E-state index in [9.17, 15) is 9.18 Å². The molecular weight excluding hydrogens is 332 g/mol. The predicted octanol–water partition coefficient (Wildman–Crippen LogP) is -0.645. The van der Waals surface area contributed by atoms with E-state index in [1.807, 2.05) is 28.1 Å². The average Bonchev–Trinajstić information content (AvgIpc) is 2.15. The Labute approximate surface area is 119 Å². The van der Waals surface area contributed by atoms with Crippen molar-refractivity contribution in [3.8, 4) is 0 Å². The van der Waals surface area contributed by atoms with Crippen LogP contribution < -0.4 is 24.0 Å². The first-order chi connectivity index (χ1) is 7.31. The van der Waals surface area contributed by atoms with Crippen molar-refractivity contribution in [3.63, 3.8) is 0 Å². The van der Waals surface area contributed by atoms with Crippen LogP contribution in [-0.2, 0) is 0 Å². The standard InChI is InChI=1S/C13H19FNO.HI/c1-10(9-15(2,3)4)13(16)11-7-5-6-8-12(11)14;/h5-8,10H,9H2,1-4H3;1H/q+1;/p-1. The van der Waals surface area contributed by atoms with Crippen LogP contribution in [0.5, 0.6) is 0 Å². The third-order valence-electron chi connectivity index (χ3n) is 2.41. The van der Waals surface area contributed by atoms with Crippen molar-refractivity contribution in [1.29, 1.82) is 0 Å². The van der Waals surface area contributed by atoms with Crippen LogP contribution in [0.25, 0.3) is 0 Å². The number of rotatable bonds is 4. The highest BCUT2D eigenvalue weighted by atomic mass is 127. The van der Waals surface area contributed by atoms with Gasteiger partial charge in [0.05, 0.1) is 39.2 Å². The molecule has 0 bridgehead atoms. The molecule has 1 unspecified atom stereocenters. The molecule has 0 heterocycles. The van der Waals surface area contributed by atoms with Gasteiger partial charge in [-0.15, -0.1) is 0 Å². The summed E-state index contributed by atoms with van der Waals surface area (Å²) in [4.78, 5) is 12.0. The maximum Gasteiger partial charge on any atom is 0.174 e. The van der Waals surface area contributed by atoms with Crippen molar-refractivity contribution in [1.82, 2.24) is 0 Å². The van der Waals surface area contributed by atoms with Gasteiger partial charge in [-0.2, -0.15) is 0 Å². The lowest BCUT2D eigenvalue weighted by Gasteiger charge is -2.26. The van der Waals surface area contributed by atoms with Crippen LogP contribution in [0.3, 0.4) is 0 Å². The maximum atomic E-state index is 13.4. The molecule has 0 aliphatic rings. The summed E-state index contributed by atoms with van der Waals surface area (Å²) in [5.74, 6) is -0.719. The molecular formula is C13H19FINO. The monoisotopic (exact) mass is 351 g/mol. The first-order valence-electron chi connectivity index (χ1n) is 5.40. The van der Waals surface area contributed by atoms with Gasteiger partial charge in [0.1, 0.15) is 5.82 Å². The second-order valence-electron chi connectivity index (χ2n) is 5.22. The Kier molecular flexibility index (Phi) is 6.26. The minimum absolute atomic E-state index is 0. The summed E-state index contributed by atoms with van der Waals surface area (Å²) in [6.45, 7) is 2.55. The zero-order chi connectivity index (χ0) is 12.3. The van der Waals surface area contributed by atoms with Crippen LogP contribution in [-0.4, -0.2) is 38.0 Å². The number of hydrogen-bond donors (Lipinski definition) is 0. The molecule has 0 aromatic heterocycles. The van der Waals surface area contributed by atoms with Crippen molar-refractivity contribution < 1.29 is 37.6 Å². The molecule has 0 saturated heterocycles. The Morgan fingerprint density at radius 2 is 1.82 bits per heavy atom. The van der Waals surface area contributed by atoms with E-state index in [1.165, 1.54) is 6.07 Å². The molecule has 0 N–H and O–H groups in total. The Balaban J connectivity index is 0.00000256. The summed E-state index contributed by atoms with van der Waals surface area (Å²) in [6, 6.07) is 6.15. The number of quaternary nitrogens is 1. The van der Waals surface area contributed by atoms with Crippen LogP contribution in [0.2, 0.25) is 0 Å². The summed E-state index contributed by atoms with van der Waals surface area (Å²) < 4.78 is 14.1. The van der Waals surface area contributed by atoms with Crippen molar-refractivity contribution in [2.45, 2.75) is 6.92 Å². The number of halogens is 2. The normalized spacial score (nSPS) is 12.8. The molecule has 0 aliphatic heterocycles. The molecule has 1 aromatic rings. The van der Waals surface area contributed by atoms with E-state index in [2.05, 4.69) is 0 Å². The van der Waals surface area contributed by atoms with Gasteiger partial charge in [0.25, 0.3) is 0 Å². The second-order valence-corrected chi connectivity index (χ2v) is 5.22. The number of benzene rings is 1. The lowest BCUT2D eigenvalue weighted by atomic mass is 9.98. The number of hydrogen-bond acceptors (Lipinski definition) is 1. The Hall–Kier alpha value is -0.490. The molecule has 1 atom stereocenters. The fourth-order valence-corrected chi connectivity index (χ4v) is 1.83. The average molecular weight is 351 g/mol. The summed E-state index contributed by atoms with van der Waals surface area (Å²) in [5, 5.41) is 0. The van der Waals surface area contributed by atoms with Crippen LogP contribution in [0.1, 0.15) is 17.3 Å². The summed E-state index contributed by atoms with van der Waals surface area (Å²) in [5.41, 5.74) is 0.198. The van der Waals surface area contributed by atoms with E-state index in [1.54, 1.807) is 18.2 Å². The quantitative estimate of drug-likeness (QED) is 0.401. The van der Waals surface area contributed by atoms with E-state index in [0.29, 0.717) is 11.0 Å². The smallest absolute Gasteiger partial charge is 0.174 e. The molecule has 0 spiro atoms. The van der Waals surface area contributed by atoms with Crippen molar-refractivity contribution >= 4 is 5.78 Å². The lowest BCUT2D eigenvalue weighted by molar-refractivity contribution is -0.872. The molecule has 0 saturated carbocycles. The van der Waals surface area contributed by atoms with Crippen LogP contribution in [0.15, 0.2) is 24.3 Å². The van der Waals surface area contributed by atoms with Crippen LogP contribution >= 0.6 is 0 Å². The highest BCUT2D eigenvalue weighted by Gasteiger charge is 2.23. The van der Waals surface area contributed by atoms with Gasteiger partial charge in [-0.25, -0.2) is 4.39 Å². The molecule has 0 amide bonds. The van der Waals surface area contributed by atoms with E-state index in [-0.39, 0.29) is 41.2 Å². The first-order valence-corrected chi connectivity index (χ1v) is 5.40. The van der Waals surface area contributed by atoms with Gasteiger partial charge in [0, 0.05) is 0 Å². The van der Waals surface area contributed by atoms with Crippen molar-refractivity contribution in [3.05, 3.63) is 35.6 Å². The minimum Gasteiger partial charge on any atom is -1.00 e. The van der Waals surface area contributed by atoms with Gasteiger partial charge in [-0.1, -0.05) is 12.1 Å². The Morgan fingerprint density at radius 3 is 2.29 bits per heavy atom. The molecule has 17 heavy (non-hydrogen) atoms. The zero-order valence-corrected chi connectivity index (χ0v) is 12.9. The summed E-state index contributed by atoms with van der Waals surface area (Å²) >= 11 is 0. The second kappa shape index (κ2) is 6.44. The number of nitrogens with zero attached hydrogens (tertiary/aromatic N) is 1. The van der Waals surface area contributed by atoms with Crippen LogP contribution in [0, 0.1) is 11.7 Å². The van der Waals surface area contributed by atoms with Gasteiger partial charge in [0.15, 0.2) is 5.78 Å². The first kappa shape index (κ1) is 16.5. The molecule has 2 nitrogen and oxygen atoms in total. The van der Waals surface area contributed by atoms with Crippen molar-refractivity contribution in [2.24, 2.45) is 5.92 Å². The molecule has 4 heteroatoms. The number of ketones is 1. The van der Waals surface area contributed by atoms with E-state index < -0.39 is 5.82 Å². The fraction of sp³-hybridized carbons (Fsp3) is 0.462. The summed E-state index contributed by atoms with van der Waals surface area (Å²) in [7, 11) is 6.06. The Bertz CT molecular complexity index is 387. The third-order valence-corrected chi connectivity index (χ3v) is 2.41. The molecule has 0 fully saturated rings. The van der Waals surface area contributed by atoms with E-state index >= 15 is 0 Å². The number of carbonyl (C=O) groups is 1. The van der Waals surface area contributed by atoms with Gasteiger partial charge in [-0.3, -0.25) is 4.79 Å². The number of carbonyl (C=O) groups excluding carboxylic acids is 1. The van der Waals surface area contributed by atoms with Gasteiger partial charge in [0.2, 0.25) is 0 Å². The minimum atomic E-state index is -0.430. The third kappa shape index (κ3) is 5.12. The topological polar surface area (TPSA) is 17.1 Å². The fourth-order valence-electron chi connectivity index (χ4n) is 1.83. The van der Waals surface area contributed by atoms with Gasteiger partial charge >= 0.3 is 0 Å². The van der Waals surface area contributed by atoms with Gasteiger partial charge in [-0.05, 0) is 19.1 Å². The maximum absolute atomic E-state index is 13.4. The number of Topliss-reactive ketones (excluding diaryl/α,β-unsaturated/α-hetero) is 1. The molecule has 0 aliphatic carbocycles. The summed E-state index contributed by atoms with van der Waals surface area (Å²) in [6.07, 6.45) is 0. The van der Waals surface area contributed by atoms with E-state index in [4.69, 9.17) is 0 Å². The van der Waals surface area contributed by atoms with E-state index in [0.717, 1.165) is 0 Å². The molecule has 1 aromatic carbocycles. The highest BCUT2D eigenvalue weighted by Crippen LogP contribution is 2.14. The largest absolute Gasteiger partial charge is 1.00 e.